The minimum atomic E-state index is -4.79. The Kier molecular flexibility index (Phi) is 7.04. The van der Waals surface area contributed by atoms with E-state index in [0.717, 1.165) is 19.1 Å². The van der Waals surface area contributed by atoms with Gasteiger partial charge in [0, 0.05) is 31.3 Å². The van der Waals surface area contributed by atoms with Gasteiger partial charge < -0.3 is 20.3 Å². The van der Waals surface area contributed by atoms with Crippen LogP contribution in [0.4, 0.5) is 32.8 Å². The van der Waals surface area contributed by atoms with Crippen LogP contribution < -0.4 is 10.6 Å². The van der Waals surface area contributed by atoms with Crippen molar-refractivity contribution in [1.82, 2.24) is 15.1 Å². The molecule has 0 radical (unpaired) electrons. The topological polar surface area (TPSA) is 108 Å². The molecule has 1 spiro atoms. The summed E-state index contributed by atoms with van der Waals surface area (Å²) in [6.45, 7) is -0.705. The van der Waals surface area contributed by atoms with Gasteiger partial charge in [-0.05, 0) is 48.7 Å². The van der Waals surface area contributed by atoms with E-state index in [1.807, 2.05) is 0 Å². The highest BCUT2D eigenvalue weighted by atomic mass is 19.4. The molecule has 2 N–H and O–H groups in total. The van der Waals surface area contributed by atoms with Crippen molar-refractivity contribution < 1.29 is 41.5 Å². The molecule has 202 valence electrons. The molecule has 5 amide bonds. The van der Waals surface area contributed by atoms with Crippen LogP contribution in [0.15, 0.2) is 42.5 Å². The first-order valence-corrected chi connectivity index (χ1v) is 11.6. The summed E-state index contributed by atoms with van der Waals surface area (Å²) >= 11 is 0. The number of alkyl halides is 3. The number of amides is 5. The zero-order valence-corrected chi connectivity index (χ0v) is 20.4. The first-order valence-electron chi connectivity index (χ1n) is 11.6. The second-order valence-electron chi connectivity index (χ2n) is 9.03. The van der Waals surface area contributed by atoms with Gasteiger partial charge in [0.15, 0.2) is 0 Å². The van der Waals surface area contributed by atoms with E-state index in [9.17, 15) is 36.7 Å². The maximum absolute atomic E-state index is 13.6. The molecule has 0 saturated carbocycles. The van der Waals surface area contributed by atoms with Gasteiger partial charge in [-0.15, -0.1) is 0 Å². The van der Waals surface area contributed by atoms with E-state index in [1.54, 1.807) is 6.07 Å². The van der Waals surface area contributed by atoms with Crippen molar-refractivity contribution in [3.8, 4) is 0 Å². The lowest BCUT2D eigenvalue weighted by Crippen LogP contribution is -2.51. The van der Waals surface area contributed by atoms with Crippen LogP contribution in [0.5, 0.6) is 0 Å². The lowest BCUT2D eigenvalue weighted by Gasteiger charge is -2.31. The number of nitrogens with one attached hydrogen (secondary N) is 2. The molecule has 4 rings (SSSR count). The second kappa shape index (κ2) is 9.95. The number of halogens is 4. The molecular weight excluding hydrogens is 512 g/mol. The molecule has 38 heavy (non-hydrogen) atoms. The fourth-order valence-electron chi connectivity index (χ4n) is 4.55. The lowest BCUT2D eigenvalue weighted by atomic mass is 9.94. The first-order chi connectivity index (χ1) is 17.9. The standard InChI is InChI=1S/C25H24F4N4O5/c1-14(25(27,28)29)32(12-15-3-5-17(26)6-4-15)20(34)13-33-21(35)24(38-23(33)37)10-9-16-11-18(7-8-19(16)24)31-22(36)30-2/h3-8,11,14H,9-10,12-13H2,1-2H3,(H2,30,31,36)/t14-,24+/m1/s1. The number of nitrogens with zero attached hydrogens (tertiary/aromatic N) is 2. The average Bonchev–Trinajstić information content (AvgIpc) is 3.34. The number of imide groups is 1. The Labute approximate surface area is 214 Å². The fraction of sp³-hybridized carbons (Fsp3) is 0.360. The maximum atomic E-state index is 13.6. The molecule has 1 fully saturated rings. The molecule has 1 heterocycles. The zero-order chi connectivity index (χ0) is 27.8. The van der Waals surface area contributed by atoms with Gasteiger partial charge >= 0.3 is 18.3 Å². The van der Waals surface area contributed by atoms with E-state index < -0.39 is 60.7 Å². The van der Waals surface area contributed by atoms with Crippen molar-refractivity contribution in [2.75, 3.05) is 18.9 Å². The molecule has 1 aliphatic heterocycles. The molecule has 2 aromatic rings. The van der Waals surface area contributed by atoms with Crippen molar-refractivity contribution >= 4 is 29.6 Å². The highest BCUT2D eigenvalue weighted by Gasteiger charge is 2.58. The van der Waals surface area contributed by atoms with Crippen molar-refractivity contribution in [1.29, 1.82) is 0 Å². The number of aryl methyl sites for hydroxylation is 1. The van der Waals surface area contributed by atoms with Gasteiger partial charge in [-0.3, -0.25) is 9.59 Å². The highest BCUT2D eigenvalue weighted by molar-refractivity contribution is 6.06. The molecule has 2 aromatic carbocycles. The summed E-state index contributed by atoms with van der Waals surface area (Å²) in [4.78, 5) is 51.8. The van der Waals surface area contributed by atoms with Crippen LogP contribution in [0.2, 0.25) is 0 Å². The Morgan fingerprint density at radius 1 is 1.16 bits per heavy atom. The molecular formula is C25H24F4N4O5. The molecule has 2 atom stereocenters. The molecule has 0 unspecified atom stereocenters. The quantitative estimate of drug-likeness (QED) is 0.548. The summed E-state index contributed by atoms with van der Waals surface area (Å²) in [6, 6.07) is 6.55. The summed E-state index contributed by atoms with van der Waals surface area (Å²) in [5.41, 5.74) is -0.0256. The van der Waals surface area contributed by atoms with Crippen molar-refractivity contribution in [2.45, 2.75) is 44.1 Å². The summed E-state index contributed by atoms with van der Waals surface area (Å²) in [6.07, 6.45) is -5.55. The summed E-state index contributed by atoms with van der Waals surface area (Å²) in [5, 5.41) is 5.00. The van der Waals surface area contributed by atoms with Crippen molar-refractivity contribution in [3.63, 3.8) is 0 Å². The van der Waals surface area contributed by atoms with Crippen LogP contribution in [0.3, 0.4) is 0 Å². The first kappa shape index (κ1) is 26.9. The van der Waals surface area contributed by atoms with Gasteiger partial charge in [0.1, 0.15) is 18.4 Å². The van der Waals surface area contributed by atoms with Crippen LogP contribution in [0.25, 0.3) is 0 Å². The van der Waals surface area contributed by atoms with Crippen molar-refractivity contribution in [3.05, 3.63) is 65.0 Å². The predicted molar refractivity (Wildman–Crippen MR) is 125 cm³/mol. The van der Waals surface area contributed by atoms with Gasteiger partial charge in [0.05, 0.1) is 0 Å². The van der Waals surface area contributed by atoms with Crippen molar-refractivity contribution in [2.24, 2.45) is 0 Å². The number of fused-ring (bicyclic) bond motifs is 2. The van der Waals surface area contributed by atoms with Crippen LogP contribution in [-0.4, -0.2) is 59.5 Å². The van der Waals surface area contributed by atoms with Gasteiger partial charge in [0.25, 0.3) is 5.91 Å². The Bertz CT molecular complexity index is 1280. The molecule has 9 nitrogen and oxygen atoms in total. The van der Waals surface area contributed by atoms with E-state index in [1.165, 1.54) is 31.3 Å². The van der Waals surface area contributed by atoms with Crippen LogP contribution in [0, 0.1) is 5.82 Å². The number of ether oxygens (including phenoxy) is 1. The summed E-state index contributed by atoms with van der Waals surface area (Å²) in [7, 11) is 1.44. The molecule has 0 bridgehead atoms. The van der Waals surface area contributed by atoms with Crippen LogP contribution in [-0.2, 0) is 32.9 Å². The third-order valence-electron chi connectivity index (χ3n) is 6.67. The van der Waals surface area contributed by atoms with Crippen LogP contribution in [0.1, 0.15) is 30.0 Å². The number of benzene rings is 2. The monoisotopic (exact) mass is 536 g/mol. The number of hydrogen-bond acceptors (Lipinski definition) is 5. The van der Waals surface area contributed by atoms with E-state index in [2.05, 4.69) is 10.6 Å². The summed E-state index contributed by atoms with van der Waals surface area (Å²) < 4.78 is 59.4. The van der Waals surface area contributed by atoms with E-state index >= 15 is 0 Å². The largest absolute Gasteiger partial charge is 0.427 e. The Hall–Kier alpha value is -4.16. The Balaban J connectivity index is 1.56. The SMILES string of the molecule is CNC(=O)Nc1ccc2c(c1)CC[C@]21OC(=O)N(CC(=O)N(Cc2ccc(F)cc2)[C@H](C)C(F)(F)F)C1=O. The third-order valence-corrected chi connectivity index (χ3v) is 6.67. The molecule has 13 heteroatoms. The van der Waals surface area contributed by atoms with Gasteiger partial charge in [0.2, 0.25) is 11.5 Å². The summed E-state index contributed by atoms with van der Waals surface area (Å²) in [5.74, 6) is -2.59. The highest BCUT2D eigenvalue weighted by Crippen LogP contribution is 2.46. The normalized spacial score (nSPS) is 19.3. The van der Waals surface area contributed by atoms with E-state index in [-0.39, 0.29) is 12.0 Å². The van der Waals surface area contributed by atoms with E-state index in [0.29, 0.717) is 33.0 Å². The number of hydrogen-bond donors (Lipinski definition) is 2. The number of carbonyl (C=O) groups is 4. The Morgan fingerprint density at radius 2 is 1.84 bits per heavy atom. The lowest BCUT2D eigenvalue weighted by molar-refractivity contribution is -0.187. The predicted octanol–water partition coefficient (Wildman–Crippen LogP) is 3.68. The number of anilines is 1. The smallest absolute Gasteiger partial charge is 0.418 e. The minimum absolute atomic E-state index is 0.0687. The molecule has 0 aromatic heterocycles. The van der Waals surface area contributed by atoms with Gasteiger partial charge in [-0.1, -0.05) is 18.2 Å². The zero-order valence-electron chi connectivity index (χ0n) is 20.4. The van der Waals surface area contributed by atoms with E-state index in [4.69, 9.17) is 4.74 Å². The van der Waals surface area contributed by atoms with Crippen LogP contribution >= 0.6 is 0 Å². The molecule has 1 aliphatic carbocycles. The molecule has 1 saturated heterocycles. The van der Waals surface area contributed by atoms with Gasteiger partial charge in [-0.2, -0.15) is 13.2 Å². The maximum Gasteiger partial charge on any atom is 0.418 e. The van der Waals surface area contributed by atoms with Gasteiger partial charge in [-0.25, -0.2) is 18.9 Å². The Morgan fingerprint density at radius 3 is 2.47 bits per heavy atom. The third kappa shape index (κ3) is 5.00. The average molecular weight is 536 g/mol. The minimum Gasteiger partial charge on any atom is -0.427 e. The number of carbonyl (C=O) groups excluding carboxylic acids is 4. The second-order valence-corrected chi connectivity index (χ2v) is 9.03. The number of urea groups is 1. The fourth-order valence-corrected chi connectivity index (χ4v) is 4.55. The number of rotatable bonds is 6. The molecule has 2 aliphatic rings.